The summed E-state index contributed by atoms with van der Waals surface area (Å²) in [5.74, 6) is 0.914. The monoisotopic (exact) mass is 243 g/mol. The summed E-state index contributed by atoms with van der Waals surface area (Å²) in [5, 5.41) is 15.5. The fourth-order valence-electron chi connectivity index (χ4n) is 2.37. The van der Waals surface area contributed by atoms with E-state index in [-0.39, 0.29) is 6.04 Å². The number of rotatable bonds is 3. The van der Waals surface area contributed by atoms with Crippen molar-refractivity contribution in [1.29, 1.82) is 0 Å². The van der Waals surface area contributed by atoms with Crippen LogP contribution in [0.2, 0.25) is 0 Å². The first-order valence-electron chi connectivity index (χ1n) is 6.49. The van der Waals surface area contributed by atoms with Crippen molar-refractivity contribution < 1.29 is 0 Å². The molecule has 1 N–H and O–H groups in total. The number of aromatic nitrogens is 4. The zero-order chi connectivity index (χ0) is 12.4. The molecule has 2 heterocycles. The van der Waals surface area contributed by atoms with Crippen molar-refractivity contribution in [2.75, 3.05) is 6.54 Å². The summed E-state index contributed by atoms with van der Waals surface area (Å²) >= 11 is 0. The fraction of sp³-hybridized carbons (Fsp3) is 0.462. The van der Waals surface area contributed by atoms with Crippen LogP contribution in [0.15, 0.2) is 24.3 Å². The highest BCUT2D eigenvalue weighted by Crippen LogP contribution is 2.22. The lowest BCUT2D eigenvalue weighted by atomic mass is 10.1. The summed E-state index contributed by atoms with van der Waals surface area (Å²) in [4.78, 5) is 0. The fourth-order valence-corrected chi connectivity index (χ4v) is 2.37. The predicted octanol–water partition coefficient (Wildman–Crippen LogP) is 1.65. The largest absolute Gasteiger partial charge is 0.307 e. The minimum atomic E-state index is 0.283. The third-order valence-electron chi connectivity index (χ3n) is 3.45. The standard InChI is InChI=1S/C13H17N5/c1-2-10-5-7-11(8-6-10)18-13(15-16-17-18)12-4-3-9-14-12/h5-8,12,14H,2-4,9H2,1H3. The molecule has 1 fully saturated rings. The van der Waals surface area contributed by atoms with Gasteiger partial charge in [-0.05, 0) is 53.9 Å². The Labute approximate surface area is 106 Å². The first-order chi connectivity index (χ1) is 8.88. The highest BCUT2D eigenvalue weighted by Gasteiger charge is 2.22. The Morgan fingerprint density at radius 2 is 2.17 bits per heavy atom. The third kappa shape index (κ3) is 2.01. The molecule has 0 bridgehead atoms. The Morgan fingerprint density at radius 3 is 2.83 bits per heavy atom. The minimum absolute atomic E-state index is 0.283. The van der Waals surface area contributed by atoms with Gasteiger partial charge in [0, 0.05) is 0 Å². The Bertz CT molecular complexity index is 510. The van der Waals surface area contributed by atoms with Crippen molar-refractivity contribution in [3.05, 3.63) is 35.7 Å². The van der Waals surface area contributed by atoms with Gasteiger partial charge in [-0.25, -0.2) is 0 Å². The molecule has 1 atom stereocenters. The number of nitrogens with zero attached hydrogens (tertiary/aromatic N) is 4. The van der Waals surface area contributed by atoms with Crippen molar-refractivity contribution in [1.82, 2.24) is 25.5 Å². The quantitative estimate of drug-likeness (QED) is 0.890. The van der Waals surface area contributed by atoms with Crippen molar-refractivity contribution >= 4 is 0 Å². The molecule has 0 spiro atoms. The number of nitrogens with one attached hydrogen (secondary N) is 1. The van der Waals surface area contributed by atoms with Crippen LogP contribution in [-0.4, -0.2) is 26.8 Å². The van der Waals surface area contributed by atoms with Gasteiger partial charge >= 0.3 is 0 Å². The average Bonchev–Trinajstić information content (AvgIpc) is 3.09. The van der Waals surface area contributed by atoms with Gasteiger partial charge in [0.05, 0.1) is 11.7 Å². The number of tetrazole rings is 1. The van der Waals surface area contributed by atoms with Crippen molar-refractivity contribution in [3.63, 3.8) is 0 Å². The predicted molar refractivity (Wildman–Crippen MR) is 68.5 cm³/mol. The van der Waals surface area contributed by atoms with Crippen molar-refractivity contribution in [2.45, 2.75) is 32.2 Å². The molecule has 1 saturated heterocycles. The van der Waals surface area contributed by atoms with E-state index in [0.29, 0.717) is 0 Å². The zero-order valence-electron chi connectivity index (χ0n) is 10.5. The molecule has 1 unspecified atom stereocenters. The molecule has 1 aromatic heterocycles. The molecule has 0 saturated carbocycles. The van der Waals surface area contributed by atoms with E-state index in [1.807, 2.05) is 4.68 Å². The molecule has 3 rings (SSSR count). The Morgan fingerprint density at radius 1 is 1.33 bits per heavy atom. The molecule has 94 valence electrons. The van der Waals surface area contributed by atoms with E-state index in [1.54, 1.807) is 0 Å². The van der Waals surface area contributed by atoms with E-state index in [2.05, 4.69) is 52.0 Å². The lowest BCUT2D eigenvalue weighted by molar-refractivity contribution is 0.583. The molecule has 1 aliphatic heterocycles. The van der Waals surface area contributed by atoms with Crippen LogP contribution in [0.1, 0.15) is 37.2 Å². The van der Waals surface area contributed by atoms with Crippen LogP contribution >= 0.6 is 0 Å². The van der Waals surface area contributed by atoms with Gasteiger partial charge in [-0.3, -0.25) is 0 Å². The summed E-state index contributed by atoms with van der Waals surface area (Å²) in [7, 11) is 0. The molecule has 2 aromatic rings. The molecule has 5 nitrogen and oxygen atoms in total. The van der Waals surface area contributed by atoms with Crippen LogP contribution in [0.4, 0.5) is 0 Å². The van der Waals surface area contributed by atoms with Crippen LogP contribution in [0.3, 0.4) is 0 Å². The summed E-state index contributed by atoms with van der Waals surface area (Å²) in [5.41, 5.74) is 2.35. The summed E-state index contributed by atoms with van der Waals surface area (Å²) in [6.07, 6.45) is 3.34. The van der Waals surface area contributed by atoms with E-state index in [1.165, 1.54) is 12.0 Å². The lowest BCUT2D eigenvalue weighted by Crippen LogP contribution is -2.18. The van der Waals surface area contributed by atoms with Crippen molar-refractivity contribution in [2.24, 2.45) is 0 Å². The third-order valence-corrected chi connectivity index (χ3v) is 3.45. The van der Waals surface area contributed by atoms with E-state index < -0.39 is 0 Å². The van der Waals surface area contributed by atoms with E-state index >= 15 is 0 Å². The first-order valence-corrected chi connectivity index (χ1v) is 6.49. The maximum Gasteiger partial charge on any atom is 0.173 e. The van der Waals surface area contributed by atoms with Gasteiger partial charge in [-0.15, -0.1) is 5.10 Å². The molecule has 18 heavy (non-hydrogen) atoms. The van der Waals surface area contributed by atoms with E-state index in [4.69, 9.17) is 0 Å². The smallest absolute Gasteiger partial charge is 0.173 e. The SMILES string of the molecule is CCc1ccc(-n2nnnc2C2CCCN2)cc1. The minimum Gasteiger partial charge on any atom is -0.307 e. The van der Waals surface area contributed by atoms with Crippen LogP contribution in [0.25, 0.3) is 5.69 Å². The van der Waals surface area contributed by atoms with Gasteiger partial charge in [-0.1, -0.05) is 19.1 Å². The molecule has 1 aliphatic rings. The van der Waals surface area contributed by atoms with Crippen molar-refractivity contribution in [3.8, 4) is 5.69 Å². The van der Waals surface area contributed by atoms with Crippen LogP contribution in [0.5, 0.6) is 0 Å². The molecule has 0 amide bonds. The van der Waals surface area contributed by atoms with E-state index in [0.717, 1.165) is 30.9 Å². The van der Waals surface area contributed by atoms with Crippen LogP contribution in [-0.2, 0) is 6.42 Å². The second-order valence-corrected chi connectivity index (χ2v) is 4.62. The maximum absolute atomic E-state index is 4.16. The topological polar surface area (TPSA) is 55.6 Å². The number of hydrogen-bond acceptors (Lipinski definition) is 4. The Balaban J connectivity index is 1.93. The van der Waals surface area contributed by atoms with E-state index in [9.17, 15) is 0 Å². The second-order valence-electron chi connectivity index (χ2n) is 4.62. The molecule has 1 aromatic carbocycles. The molecular weight excluding hydrogens is 226 g/mol. The normalized spacial score (nSPS) is 19.3. The highest BCUT2D eigenvalue weighted by molar-refractivity contribution is 5.34. The molecule has 0 aliphatic carbocycles. The molecular formula is C13H17N5. The van der Waals surface area contributed by atoms with Gasteiger partial charge in [0.25, 0.3) is 0 Å². The van der Waals surface area contributed by atoms with Gasteiger partial charge in [-0.2, -0.15) is 4.68 Å². The first kappa shape index (κ1) is 11.3. The van der Waals surface area contributed by atoms with Gasteiger partial charge < -0.3 is 5.32 Å². The molecule has 0 radical (unpaired) electrons. The summed E-state index contributed by atoms with van der Waals surface area (Å²) < 4.78 is 1.84. The number of aryl methyl sites for hydroxylation is 1. The second kappa shape index (κ2) is 4.86. The number of hydrogen-bond donors (Lipinski definition) is 1. The molecule has 5 heteroatoms. The summed E-state index contributed by atoms with van der Waals surface area (Å²) in [6, 6.07) is 8.69. The average molecular weight is 243 g/mol. The van der Waals surface area contributed by atoms with Crippen LogP contribution < -0.4 is 5.32 Å². The highest BCUT2D eigenvalue weighted by atomic mass is 15.5. The Kier molecular flexibility index (Phi) is 3.06. The zero-order valence-corrected chi connectivity index (χ0v) is 10.5. The van der Waals surface area contributed by atoms with Gasteiger partial charge in [0.15, 0.2) is 5.82 Å². The Hall–Kier alpha value is -1.75. The lowest BCUT2D eigenvalue weighted by Gasteiger charge is -2.10. The summed E-state index contributed by atoms with van der Waals surface area (Å²) in [6.45, 7) is 3.20. The number of benzene rings is 1. The van der Waals surface area contributed by atoms with Crippen LogP contribution in [0, 0.1) is 0 Å². The van der Waals surface area contributed by atoms with Gasteiger partial charge in [0.2, 0.25) is 0 Å². The van der Waals surface area contributed by atoms with Gasteiger partial charge in [0.1, 0.15) is 0 Å². The maximum atomic E-state index is 4.16.